The predicted molar refractivity (Wildman–Crippen MR) is 172 cm³/mol. The molecule has 4 atom stereocenters. The van der Waals surface area contributed by atoms with Crippen molar-refractivity contribution in [2.75, 3.05) is 47.5 Å². The van der Waals surface area contributed by atoms with Gasteiger partial charge in [0.25, 0.3) is 0 Å². The molecule has 0 aromatic heterocycles. The van der Waals surface area contributed by atoms with Gasteiger partial charge in [-0.15, -0.1) is 0 Å². The van der Waals surface area contributed by atoms with Crippen molar-refractivity contribution in [2.45, 2.75) is 43.7 Å². The Labute approximate surface area is 264 Å². The first-order valence-electron chi connectivity index (χ1n) is 14.8. The molecule has 2 aliphatic heterocycles. The van der Waals surface area contributed by atoms with E-state index >= 15 is 0 Å². The predicted octanol–water partition coefficient (Wildman–Crippen LogP) is 6.14. The van der Waals surface area contributed by atoms with Crippen LogP contribution in [0.25, 0.3) is 0 Å². The molecule has 2 aliphatic rings. The molecule has 2 fully saturated rings. The SMILES string of the molecule is COc1cc(CN2CCC(C(C)N3CCC(C(N)=O)(c4ccccc4)C(c4ccc(Cl)c(Cl)c4)C3)C2)cc(OC)c1OC. The number of hydrogen-bond acceptors (Lipinski definition) is 6. The number of rotatable bonds is 10. The van der Waals surface area contributed by atoms with E-state index in [0.717, 1.165) is 49.3 Å². The van der Waals surface area contributed by atoms with Crippen LogP contribution in [0.2, 0.25) is 10.0 Å². The lowest BCUT2D eigenvalue weighted by molar-refractivity contribution is -0.126. The summed E-state index contributed by atoms with van der Waals surface area (Å²) in [6.07, 6.45) is 1.72. The summed E-state index contributed by atoms with van der Waals surface area (Å²) in [6, 6.07) is 20.0. The molecular weight excluding hydrogens is 585 g/mol. The van der Waals surface area contributed by atoms with Crippen molar-refractivity contribution in [3.8, 4) is 17.2 Å². The highest BCUT2D eigenvalue weighted by Gasteiger charge is 2.50. The van der Waals surface area contributed by atoms with Gasteiger partial charge in [-0.2, -0.15) is 0 Å². The Morgan fingerprint density at radius 3 is 2.26 bits per heavy atom. The molecule has 5 rings (SSSR count). The summed E-state index contributed by atoms with van der Waals surface area (Å²) in [5.41, 5.74) is 8.48. The van der Waals surface area contributed by atoms with Crippen LogP contribution in [0.1, 0.15) is 42.4 Å². The van der Waals surface area contributed by atoms with Crippen LogP contribution in [-0.4, -0.2) is 69.3 Å². The number of ether oxygens (including phenoxy) is 3. The molecule has 0 bridgehead atoms. The number of hydrogen-bond donors (Lipinski definition) is 1. The molecule has 4 unspecified atom stereocenters. The third-order valence-electron chi connectivity index (χ3n) is 9.58. The number of amides is 1. The Morgan fingerprint density at radius 1 is 0.953 bits per heavy atom. The van der Waals surface area contributed by atoms with Gasteiger partial charge >= 0.3 is 0 Å². The van der Waals surface area contributed by atoms with E-state index in [-0.39, 0.29) is 11.8 Å². The van der Waals surface area contributed by atoms with Crippen LogP contribution in [0, 0.1) is 5.92 Å². The first-order chi connectivity index (χ1) is 20.7. The maximum atomic E-state index is 13.4. The van der Waals surface area contributed by atoms with Crippen molar-refractivity contribution in [3.05, 3.63) is 87.4 Å². The maximum absolute atomic E-state index is 13.4. The molecule has 2 N–H and O–H groups in total. The van der Waals surface area contributed by atoms with E-state index in [0.29, 0.717) is 52.2 Å². The molecule has 43 heavy (non-hydrogen) atoms. The zero-order valence-corrected chi connectivity index (χ0v) is 26.8. The minimum absolute atomic E-state index is 0.171. The maximum Gasteiger partial charge on any atom is 0.228 e. The molecule has 9 heteroatoms. The van der Waals surface area contributed by atoms with Gasteiger partial charge in [0.1, 0.15) is 0 Å². The molecule has 2 heterocycles. The van der Waals surface area contributed by atoms with Gasteiger partial charge in [-0.3, -0.25) is 14.6 Å². The fourth-order valence-corrected chi connectivity index (χ4v) is 7.47. The van der Waals surface area contributed by atoms with Gasteiger partial charge in [-0.1, -0.05) is 59.6 Å². The molecule has 3 aromatic carbocycles. The number of methoxy groups -OCH3 is 3. The van der Waals surface area contributed by atoms with Crippen LogP contribution >= 0.6 is 23.2 Å². The van der Waals surface area contributed by atoms with E-state index in [1.54, 1.807) is 21.3 Å². The van der Waals surface area contributed by atoms with Crippen LogP contribution in [0.5, 0.6) is 17.2 Å². The van der Waals surface area contributed by atoms with Crippen molar-refractivity contribution in [3.63, 3.8) is 0 Å². The molecule has 0 saturated carbocycles. The van der Waals surface area contributed by atoms with Crippen LogP contribution in [0.3, 0.4) is 0 Å². The van der Waals surface area contributed by atoms with Crippen LogP contribution in [0.15, 0.2) is 60.7 Å². The quantitative estimate of drug-likeness (QED) is 0.291. The second-order valence-electron chi connectivity index (χ2n) is 11.7. The van der Waals surface area contributed by atoms with Crippen LogP contribution in [-0.2, 0) is 16.8 Å². The largest absolute Gasteiger partial charge is 0.493 e. The third kappa shape index (κ3) is 6.18. The highest BCUT2D eigenvalue weighted by molar-refractivity contribution is 6.42. The second kappa shape index (κ2) is 13.3. The number of halogens is 2. The molecular formula is C34H41Cl2N3O4. The number of nitrogens with zero attached hydrogens (tertiary/aromatic N) is 2. The zero-order valence-electron chi connectivity index (χ0n) is 25.3. The summed E-state index contributed by atoms with van der Waals surface area (Å²) in [4.78, 5) is 18.4. The fourth-order valence-electron chi connectivity index (χ4n) is 7.17. The summed E-state index contributed by atoms with van der Waals surface area (Å²) in [5, 5.41) is 0.975. The van der Waals surface area contributed by atoms with E-state index in [1.165, 1.54) is 0 Å². The van der Waals surface area contributed by atoms with Gasteiger partial charge < -0.3 is 19.9 Å². The summed E-state index contributed by atoms with van der Waals surface area (Å²) >= 11 is 12.8. The van der Waals surface area contributed by atoms with Gasteiger partial charge in [0.2, 0.25) is 11.7 Å². The second-order valence-corrected chi connectivity index (χ2v) is 12.5. The summed E-state index contributed by atoms with van der Waals surface area (Å²) in [6.45, 7) is 6.57. The minimum atomic E-state index is -0.844. The Morgan fingerprint density at radius 2 is 1.65 bits per heavy atom. The van der Waals surface area contributed by atoms with Gasteiger partial charge in [0, 0.05) is 31.6 Å². The lowest BCUT2D eigenvalue weighted by atomic mass is 9.62. The molecule has 1 amide bonds. The molecule has 0 spiro atoms. The van der Waals surface area contributed by atoms with Crippen molar-refractivity contribution in [2.24, 2.45) is 11.7 Å². The Kier molecular flexibility index (Phi) is 9.76. The van der Waals surface area contributed by atoms with E-state index in [4.69, 9.17) is 43.1 Å². The highest BCUT2D eigenvalue weighted by Crippen LogP contribution is 2.47. The molecule has 2 saturated heterocycles. The van der Waals surface area contributed by atoms with Crippen molar-refractivity contribution in [1.82, 2.24) is 9.80 Å². The Bertz CT molecular complexity index is 1410. The standard InChI is InChI=1S/C34H41Cl2N3O4/c1-22(25-12-14-38(20-25)19-23-16-30(41-2)32(43-4)31(17-23)42-3)39-15-13-34(33(37)40,26-8-6-5-7-9-26)27(21-39)24-10-11-28(35)29(36)18-24/h5-11,16-18,22,25,27H,12-15,19-21H2,1-4H3,(H2,37,40). The molecule has 0 aliphatic carbocycles. The van der Waals surface area contributed by atoms with Crippen LogP contribution in [0.4, 0.5) is 0 Å². The fraction of sp³-hybridized carbons (Fsp3) is 0.441. The van der Waals surface area contributed by atoms with E-state index < -0.39 is 5.41 Å². The number of carbonyl (C=O) groups is 1. The number of benzene rings is 3. The van der Waals surface area contributed by atoms with Crippen molar-refractivity contribution < 1.29 is 19.0 Å². The van der Waals surface area contributed by atoms with Crippen LogP contribution < -0.4 is 19.9 Å². The number of carbonyl (C=O) groups excluding carboxylic acids is 1. The third-order valence-corrected chi connectivity index (χ3v) is 10.3. The van der Waals surface area contributed by atoms with Gasteiger partial charge in [-0.05, 0) is 79.7 Å². The average Bonchev–Trinajstić information content (AvgIpc) is 3.49. The first kappa shape index (κ1) is 31.5. The van der Waals surface area contributed by atoms with Gasteiger partial charge in [0.15, 0.2) is 11.5 Å². The van der Waals surface area contributed by atoms with E-state index in [2.05, 4.69) is 16.7 Å². The minimum Gasteiger partial charge on any atom is -0.493 e. The summed E-state index contributed by atoms with van der Waals surface area (Å²) in [5.74, 6) is 1.94. The van der Waals surface area contributed by atoms with Crippen molar-refractivity contribution >= 4 is 29.1 Å². The van der Waals surface area contributed by atoms with E-state index in [1.807, 2.05) is 60.7 Å². The van der Waals surface area contributed by atoms with E-state index in [9.17, 15) is 4.79 Å². The monoisotopic (exact) mass is 625 g/mol. The average molecular weight is 627 g/mol. The number of nitrogens with two attached hydrogens (primary N) is 1. The smallest absolute Gasteiger partial charge is 0.228 e. The Hall–Kier alpha value is -2.97. The number of piperidine rings is 1. The number of likely N-dealkylation sites (tertiary alicyclic amines) is 2. The molecule has 0 radical (unpaired) electrons. The summed E-state index contributed by atoms with van der Waals surface area (Å²) < 4.78 is 16.6. The van der Waals surface area contributed by atoms with Gasteiger partial charge in [-0.25, -0.2) is 0 Å². The molecule has 7 nitrogen and oxygen atoms in total. The molecule has 230 valence electrons. The molecule has 3 aromatic rings. The summed E-state index contributed by atoms with van der Waals surface area (Å²) in [7, 11) is 4.90. The van der Waals surface area contributed by atoms with Crippen molar-refractivity contribution in [1.29, 1.82) is 0 Å². The van der Waals surface area contributed by atoms with Gasteiger partial charge in [0.05, 0.1) is 36.8 Å². The lowest BCUT2D eigenvalue weighted by Crippen LogP contribution is -2.57. The number of primary amides is 1. The highest BCUT2D eigenvalue weighted by atomic mass is 35.5. The zero-order chi connectivity index (χ0) is 30.7. The normalized spacial score (nSPS) is 23.6. The first-order valence-corrected chi connectivity index (χ1v) is 15.5. The topological polar surface area (TPSA) is 77.3 Å². The lowest BCUT2D eigenvalue weighted by Gasteiger charge is -2.49. The Balaban J connectivity index is 1.36.